The fourth-order valence-electron chi connectivity index (χ4n) is 5.22. The van der Waals surface area contributed by atoms with Crippen molar-refractivity contribution in [1.29, 1.82) is 0 Å². The molecule has 0 radical (unpaired) electrons. The van der Waals surface area contributed by atoms with E-state index in [2.05, 4.69) is 6.92 Å². The van der Waals surface area contributed by atoms with E-state index in [0.29, 0.717) is 19.3 Å². The van der Waals surface area contributed by atoms with Gasteiger partial charge >= 0.3 is 11.8 Å². The Morgan fingerprint density at radius 2 is 1.37 bits per heavy atom. The van der Waals surface area contributed by atoms with Crippen LogP contribution in [-0.2, 0) is 29.6 Å². The first-order chi connectivity index (χ1) is 17.9. The Labute approximate surface area is 218 Å². The maximum absolute atomic E-state index is 15.4. The van der Waals surface area contributed by atoms with Gasteiger partial charge in [-0.3, -0.25) is 0 Å². The van der Waals surface area contributed by atoms with Crippen molar-refractivity contribution in [2.24, 2.45) is 5.41 Å². The molecule has 0 saturated heterocycles. The molecule has 0 aromatic heterocycles. The van der Waals surface area contributed by atoms with Crippen LogP contribution in [0.5, 0.6) is 0 Å². The maximum atomic E-state index is 15.4. The molecule has 0 bridgehead atoms. The van der Waals surface area contributed by atoms with E-state index >= 15 is 22.0 Å². The van der Waals surface area contributed by atoms with Gasteiger partial charge in [0.15, 0.2) is 0 Å². The molecule has 38 heavy (non-hydrogen) atoms. The highest BCUT2D eigenvalue weighted by Crippen LogP contribution is 2.59. The third-order valence-electron chi connectivity index (χ3n) is 7.60. The van der Waals surface area contributed by atoms with Crippen LogP contribution in [0.4, 0.5) is 30.7 Å². The summed E-state index contributed by atoms with van der Waals surface area (Å²) in [5.41, 5.74) is -5.05. The van der Waals surface area contributed by atoms with Gasteiger partial charge in [0.2, 0.25) is 0 Å². The quantitative estimate of drug-likeness (QED) is 0.227. The lowest BCUT2D eigenvalue weighted by atomic mass is 9.77. The van der Waals surface area contributed by atoms with Crippen molar-refractivity contribution in [1.82, 2.24) is 0 Å². The fourth-order valence-corrected chi connectivity index (χ4v) is 5.22. The minimum atomic E-state index is -5.00. The third kappa shape index (κ3) is 4.64. The zero-order valence-corrected chi connectivity index (χ0v) is 21.7. The second-order valence-corrected chi connectivity index (χ2v) is 10.4. The number of fused-ring (bicyclic) bond motifs is 3. The molecule has 2 aliphatic carbocycles. The Balaban J connectivity index is 1.64. The smallest absolute Gasteiger partial charge is 0.343 e. The van der Waals surface area contributed by atoms with Crippen LogP contribution in [0.2, 0.25) is 0 Å². The van der Waals surface area contributed by atoms with Crippen LogP contribution in [0.15, 0.2) is 48.0 Å². The maximum Gasteiger partial charge on any atom is 0.343 e. The van der Waals surface area contributed by atoms with Crippen LogP contribution in [0.1, 0.15) is 81.5 Å². The Morgan fingerprint density at radius 1 is 0.789 bits per heavy atom. The van der Waals surface area contributed by atoms with Gasteiger partial charge in [0.1, 0.15) is 29.8 Å². The number of unbranched alkanes of at least 4 members (excludes halogenated alkanes) is 2. The van der Waals surface area contributed by atoms with Gasteiger partial charge in [-0.05, 0) is 42.0 Å². The predicted molar refractivity (Wildman–Crippen MR) is 133 cm³/mol. The average molecular weight is 541 g/mol. The lowest BCUT2D eigenvalue weighted by molar-refractivity contribution is -0.227. The number of hydrogen-bond donors (Lipinski definition) is 0. The molecule has 4 rings (SSSR count). The molecule has 0 aliphatic heterocycles. The molecule has 1 nitrogen and oxygen atoms in total. The number of benzene rings is 2. The summed E-state index contributed by atoms with van der Waals surface area (Å²) >= 11 is 0. The first kappa shape index (κ1) is 28.2. The van der Waals surface area contributed by atoms with E-state index in [-0.39, 0.29) is 23.6 Å². The number of aryl methyl sites for hydroxylation is 1. The lowest BCUT2D eigenvalue weighted by Crippen LogP contribution is -2.41. The first-order valence-electron chi connectivity index (χ1n) is 13.0. The van der Waals surface area contributed by atoms with Crippen molar-refractivity contribution >= 4 is 0 Å². The van der Waals surface area contributed by atoms with Crippen LogP contribution < -0.4 is 0 Å². The van der Waals surface area contributed by atoms with Crippen molar-refractivity contribution in [3.05, 3.63) is 81.9 Å². The van der Waals surface area contributed by atoms with E-state index in [4.69, 9.17) is 4.74 Å². The van der Waals surface area contributed by atoms with Gasteiger partial charge in [-0.2, -0.15) is 17.6 Å². The van der Waals surface area contributed by atoms with E-state index in [1.807, 2.05) is 0 Å². The summed E-state index contributed by atoms with van der Waals surface area (Å²) in [5.74, 6) is -13.2. The molecule has 8 heteroatoms. The predicted octanol–water partition coefficient (Wildman–Crippen LogP) is 10.0. The van der Waals surface area contributed by atoms with Crippen LogP contribution in [0.25, 0.3) is 11.1 Å². The Kier molecular flexibility index (Phi) is 7.74. The highest BCUT2D eigenvalue weighted by molar-refractivity contribution is 5.77. The largest absolute Gasteiger partial charge is 0.489 e. The van der Waals surface area contributed by atoms with E-state index in [9.17, 15) is 8.78 Å². The monoisotopic (exact) mass is 540 g/mol. The first-order valence-corrected chi connectivity index (χ1v) is 13.0. The molecular weight excluding hydrogens is 509 g/mol. The summed E-state index contributed by atoms with van der Waals surface area (Å²) in [5, 5.41) is 0. The van der Waals surface area contributed by atoms with Crippen molar-refractivity contribution in [3.63, 3.8) is 0 Å². The molecular formula is C30H31F7O. The van der Waals surface area contributed by atoms with E-state index in [1.54, 1.807) is 19.9 Å². The lowest BCUT2D eigenvalue weighted by Gasteiger charge is -2.36. The number of allylic oxidation sites excluding steroid dienone is 3. The van der Waals surface area contributed by atoms with E-state index < -0.39 is 63.3 Å². The molecule has 2 aromatic rings. The molecule has 206 valence electrons. The summed E-state index contributed by atoms with van der Waals surface area (Å²) in [6.45, 7) is 5.00. The minimum Gasteiger partial charge on any atom is -0.489 e. The molecule has 0 amide bonds. The number of halogens is 7. The number of rotatable bonds is 9. The van der Waals surface area contributed by atoms with E-state index in [1.165, 1.54) is 12.1 Å². The summed E-state index contributed by atoms with van der Waals surface area (Å²) in [4.78, 5) is 0. The summed E-state index contributed by atoms with van der Waals surface area (Å²) < 4.78 is 111. The molecule has 0 fully saturated rings. The number of ether oxygens (including phenoxy) is 1. The van der Waals surface area contributed by atoms with Gasteiger partial charge in [-0.25, -0.2) is 13.2 Å². The standard InChI is InChI=1S/C30H31F7O/c1-4-6-7-14-28(3)15-13-20(16-23(28)31)38-17-19-10-12-22-21-11-9-18(8-5-2)26(32)24(21)29(34,35)30(36,37)25(22)27(19)33/h9-13,16H,4-8,14-15,17H2,1-3H3. The fraction of sp³-hybridized carbons (Fsp3) is 0.467. The zero-order valence-electron chi connectivity index (χ0n) is 21.7. The second-order valence-electron chi connectivity index (χ2n) is 10.4. The topological polar surface area (TPSA) is 9.23 Å². The van der Waals surface area contributed by atoms with Gasteiger partial charge in [0, 0.05) is 17.1 Å². The normalized spacial score (nSPS) is 21.3. The number of hydrogen-bond acceptors (Lipinski definition) is 1. The minimum absolute atomic E-state index is 0.0983. The second kappa shape index (κ2) is 10.4. The van der Waals surface area contributed by atoms with Gasteiger partial charge in [0.25, 0.3) is 0 Å². The molecule has 0 heterocycles. The molecule has 2 aromatic carbocycles. The van der Waals surface area contributed by atoms with Crippen LogP contribution in [0, 0.1) is 17.0 Å². The van der Waals surface area contributed by atoms with Crippen molar-refractivity contribution in [2.45, 2.75) is 84.2 Å². The third-order valence-corrected chi connectivity index (χ3v) is 7.60. The van der Waals surface area contributed by atoms with Crippen LogP contribution in [0.3, 0.4) is 0 Å². The van der Waals surface area contributed by atoms with Crippen LogP contribution >= 0.6 is 0 Å². The van der Waals surface area contributed by atoms with Gasteiger partial charge in [-0.1, -0.05) is 70.7 Å². The van der Waals surface area contributed by atoms with Gasteiger partial charge in [0.05, 0.1) is 11.1 Å². The molecule has 0 saturated carbocycles. The van der Waals surface area contributed by atoms with Crippen molar-refractivity contribution in [2.75, 3.05) is 0 Å². The molecule has 1 atom stereocenters. The van der Waals surface area contributed by atoms with Crippen molar-refractivity contribution < 1.29 is 35.5 Å². The zero-order chi connectivity index (χ0) is 27.9. The highest BCUT2D eigenvalue weighted by Gasteiger charge is 2.65. The highest BCUT2D eigenvalue weighted by atomic mass is 19.3. The average Bonchev–Trinajstić information content (AvgIpc) is 2.85. The summed E-state index contributed by atoms with van der Waals surface area (Å²) in [6, 6.07) is 4.63. The molecule has 0 N–H and O–H groups in total. The van der Waals surface area contributed by atoms with Crippen LogP contribution in [-0.4, -0.2) is 0 Å². The summed E-state index contributed by atoms with van der Waals surface area (Å²) in [7, 11) is 0. The molecule has 2 aliphatic rings. The Hall–Kier alpha value is -2.77. The Morgan fingerprint density at radius 3 is 1.92 bits per heavy atom. The molecule has 0 spiro atoms. The van der Waals surface area contributed by atoms with E-state index in [0.717, 1.165) is 37.5 Å². The molecule has 1 unspecified atom stereocenters. The van der Waals surface area contributed by atoms with Gasteiger partial charge in [-0.15, -0.1) is 0 Å². The SMILES string of the molecule is CCCCCC1(C)CC=C(OCc2ccc3c(c2F)C(F)(F)C(F)(F)c2c-3ccc(CCC)c2F)C=C1F. The van der Waals surface area contributed by atoms with Gasteiger partial charge < -0.3 is 4.74 Å². The van der Waals surface area contributed by atoms with Crippen molar-refractivity contribution in [3.8, 4) is 11.1 Å². The Bertz CT molecular complexity index is 1280. The number of alkyl halides is 4. The summed E-state index contributed by atoms with van der Waals surface area (Å²) in [6.07, 6.45) is 7.23.